The molecule has 3 N–H and O–H groups in total. The van der Waals surface area contributed by atoms with E-state index in [1.807, 2.05) is 12.2 Å². The first-order valence-corrected chi connectivity index (χ1v) is 22.0. The number of amides is 5. The number of carbonyl (C=O) groups is 5. The molecule has 0 spiro atoms. The third kappa shape index (κ3) is 9.24. The molecule has 1 saturated heterocycles. The topological polar surface area (TPSA) is 190 Å². The molecule has 3 saturated carbocycles. The lowest BCUT2D eigenvalue weighted by molar-refractivity contribution is -0.143. The number of allylic oxidation sites excluding steroid dienone is 1. The van der Waals surface area contributed by atoms with E-state index in [0.717, 1.165) is 38.5 Å². The normalized spacial score (nSPS) is 29.9. The van der Waals surface area contributed by atoms with Crippen molar-refractivity contribution in [1.29, 1.82) is 0 Å². The summed E-state index contributed by atoms with van der Waals surface area (Å²) in [6.45, 7) is 0.406. The minimum atomic E-state index is -3.95. The molecule has 4 unspecified atom stereocenters. The lowest BCUT2D eigenvalue weighted by Gasteiger charge is -2.34. The predicted molar refractivity (Wildman–Crippen MR) is 203 cm³/mol. The van der Waals surface area contributed by atoms with Crippen molar-refractivity contribution in [2.24, 2.45) is 5.92 Å². The Bertz CT molecular complexity index is 1850. The van der Waals surface area contributed by atoms with Gasteiger partial charge >= 0.3 is 12.2 Å². The number of sulfonamides is 1. The molecule has 3 aliphatic heterocycles. The Balaban J connectivity index is 1.20. The molecule has 15 nitrogen and oxygen atoms in total. The number of halogens is 1. The number of rotatable bonds is 10. The van der Waals surface area contributed by atoms with Gasteiger partial charge in [-0.3, -0.25) is 24.0 Å². The molecule has 5 amide bonds. The molecule has 57 heavy (non-hydrogen) atoms. The SMILES string of the molecule is COCCC[C@H]1[C@H](OC(=O)N2Cc3cccc(F)c3C2)CC2C(=O)NC3(C(=O)NS(=O)(=O)C4CC4)CC3/C=C\CCCCCC(NC(=O)OC3CCCC3)C(=O)N21. The Morgan fingerprint density at radius 1 is 1.00 bits per heavy atom. The zero-order valence-electron chi connectivity index (χ0n) is 32.4. The van der Waals surface area contributed by atoms with Gasteiger partial charge < -0.3 is 29.7 Å². The van der Waals surface area contributed by atoms with Crippen molar-refractivity contribution in [3.63, 3.8) is 0 Å². The number of hydrogen-bond donors (Lipinski definition) is 3. The Morgan fingerprint density at radius 3 is 2.51 bits per heavy atom. The van der Waals surface area contributed by atoms with Crippen molar-refractivity contribution in [3.8, 4) is 0 Å². The average Bonchev–Trinajstić information content (AvgIpc) is 3.98. The number of fused-ring (bicyclic) bond motifs is 3. The van der Waals surface area contributed by atoms with Crippen LogP contribution >= 0.6 is 0 Å². The zero-order valence-corrected chi connectivity index (χ0v) is 33.2. The minimum Gasteiger partial charge on any atom is -0.446 e. The van der Waals surface area contributed by atoms with Gasteiger partial charge in [0.15, 0.2) is 0 Å². The van der Waals surface area contributed by atoms with E-state index in [1.165, 1.54) is 23.0 Å². The van der Waals surface area contributed by atoms with Gasteiger partial charge in [0, 0.05) is 38.2 Å². The van der Waals surface area contributed by atoms with Crippen molar-refractivity contribution in [1.82, 2.24) is 25.2 Å². The highest BCUT2D eigenvalue weighted by molar-refractivity contribution is 7.91. The monoisotopic (exact) mass is 815 g/mol. The van der Waals surface area contributed by atoms with E-state index in [0.29, 0.717) is 49.8 Å². The Kier molecular flexibility index (Phi) is 12.4. The molecule has 7 rings (SSSR count). The second kappa shape index (κ2) is 17.3. The second-order valence-electron chi connectivity index (χ2n) is 16.4. The maximum Gasteiger partial charge on any atom is 0.410 e. The van der Waals surface area contributed by atoms with E-state index in [4.69, 9.17) is 14.2 Å². The first-order chi connectivity index (χ1) is 27.4. The second-order valence-corrected chi connectivity index (χ2v) is 18.3. The van der Waals surface area contributed by atoms with Crippen molar-refractivity contribution in [3.05, 3.63) is 47.3 Å². The van der Waals surface area contributed by atoms with Crippen molar-refractivity contribution in [2.75, 3.05) is 13.7 Å². The highest BCUT2D eigenvalue weighted by atomic mass is 32.2. The lowest BCUT2D eigenvalue weighted by Crippen LogP contribution is -2.59. The average molecular weight is 816 g/mol. The summed E-state index contributed by atoms with van der Waals surface area (Å²) in [5.74, 6) is -3.05. The van der Waals surface area contributed by atoms with Crippen LogP contribution in [0.25, 0.3) is 0 Å². The molecule has 3 heterocycles. The lowest BCUT2D eigenvalue weighted by atomic mass is 10.0. The van der Waals surface area contributed by atoms with E-state index in [1.54, 1.807) is 12.1 Å². The summed E-state index contributed by atoms with van der Waals surface area (Å²) in [5, 5.41) is 4.99. The van der Waals surface area contributed by atoms with Crippen LogP contribution in [0.3, 0.4) is 0 Å². The first-order valence-electron chi connectivity index (χ1n) is 20.4. The fourth-order valence-corrected chi connectivity index (χ4v) is 10.2. The van der Waals surface area contributed by atoms with Crippen LogP contribution in [-0.4, -0.2) is 103 Å². The number of carbonyl (C=O) groups excluding carboxylic acids is 5. The molecule has 17 heteroatoms. The number of benzene rings is 1. The zero-order chi connectivity index (χ0) is 40.3. The van der Waals surface area contributed by atoms with Gasteiger partial charge in [0.2, 0.25) is 21.8 Å². The van der Waals surface area contributed by atoms with E-state index >= 15 is 0 Å². The van der Waals surface area contributed by atoms with E-state index in [9.17, 15) is 36.8 Å². The number of alkyl carbamates (subject to hydrolysis) is 1. The van der Waals surface area contributed by atoms with Crippen LogP contribution in [-0.2, 0) is 51.7 Å². The van der Waals surface area contributed by atoms with Gasteiger partial charge in [-0.2, -0.15) is 0 Å². The molecule has 0 bridgehead atoms. The smallest absolute Gasteiger partial charge is 0.410 e. The molecule has 1 aromatic rings. The summed E-state index contributed by atoms with van der Waals surface area (Å²) in [4.78, 5) is 73.3. The summed E-state index contributed by atoms with van der Waals surface area (Å²) in [6, 6.07) is 1.43. The molecule has 3 aliphatic carbocycles. The highest BCUT2D eigenvalue weighted by Crippen LogP contribution is 2.46. The fraction of sp³-hybridized carbons (Fsp3) is 0.675. The van der Waals surface area contributed by atoms with Gasteiger partial charge in [-0.15, -0.1) is 0 Å². The maximum absolute atomic E-state index is 15.0. The molecule has 4 fully saturated rings. The fourth-order valence-electron chi connectivity index (χ4n) is 8.84. The van der Waals surface area contributed by atoms with Crippen LogP contribution in [0.2, 0.25) is 0 Å². The largest absolute Gasteiger partial charge is 0.446 e. The van der Waals surface area contributed by atoms with E-state index in [-0.39, 0.29) is 44.9 Å². The molecular formula is C40H54FN5O10S. The molecule has 6 aliphatic rings. The van der Waals surface area contributed by atoms with Crippen LogP contribution in [0.5, 0.6) is 0 Å². The van der Waals surface area contributed by atoms with Gasteiger partial charge in [0.1, 0.15) is 35.6 Å². The predicted octanol–water partition coefficient (Wildman–Crippen LogP) is 4.08. The van der Waals surface area contributed by atoms with Crippen LogP contribution in [0.1, 0.15) is 107 Å². The summed E-state index contributed by atoms with van der Waals surface area (Å²) in [5.41, 5.74) is -0.548. The van der Waals surface area contributed by atoms with Crippen molar-refractivity contribution in [2.45, 2.75) is 151 Å². The number of ether oxygens (including phenoxy) is 3. The van der Waals surface area contributed by atoms with Gasteiger partial charge in [0.25, 0.3) is 5.91 Å². The van der Waals surface area contributed by atoms with Gasteiger partial charge in [0.05, 0.1) is 17.8 Å². The van der Waals surface area contributed by atoms with Crippen molar-refractivity contribution >= 4 is 39.9 Å². The van der Waals surface area contributed by atoms with Crippen LogP contribution in [0.4, 0.5) is 14.0 Å². The standard InChI is InChI=1S/C40H54FN5O10S/c1-54-20-10-17-32-34(56-39(51)45-23-25-11-9-15-30(41)29(25)24-45)21-33-35(47)43-40(37(49)44-57(52,53)28-18-19-28)22-26(40)12-5-3-2-4-6-16-31(36(48)46(32)33)42-38(50)55-27-13-7-8-14-27/h5,9,11-12,15,26-28,31-34H,2-4,6-8,10,13-14,16-24H2,1H3,(H,42,50)(H,43,47)(H,44,49)/b12-5-/t26?,31?,32-,33?,34+,40?/m0/s1. The Morgan fingerprint density at radius 2 is 1.77 bits per heavy atom. The maximum atomic E-state index is 15.0. The minimum absolute atomic E-state index is 0.0140. The molecule has 0 radical (unpaired) electrons. The number of methoxy groups -OCH3 is 1. The number of hydrogen-bond acceptors (Lipinski definition) is 10. The molecule has 1 aromatic carbocycles. The highest BCUT2D eigenvalue weighted by Gasteiger charge is 2.62. The molecule has 0 aromatic heterocycles. The van der Waals surface area contributed by atoms with Crippen LogP contribution in [0, 0.1) is 11.7 Å². The Labute approximate surface area is 332 Å². The van der Waals surface area contributed by atoms with Gasteiger partial charge in [-0.1, -0.05) is 37.1 Å². The van der Waals surface area contributed by atoms with Crippen molar-refractivity contribution < 1.29 is 51.0 Å². The molecular weight excluding hydrogens is 762 g/mol. The summed E-state index contributed by atoms with van der Waals surface area (Å²) < 4.78 is 59.8. The first kappa shape index (κ1) is 40.9. The van der Waals surface area contributed by atoms with Gasteiger partial charge in [-0.05, 0) is 88.7 Å². The molecule has 312 valence electrons. The quantitative estimate of drug-likeness (QED) is 0.229. The summed E-state index contributed by atoms with van der Waals surface area (Å²) in [6.07, 6.45) is 8.90. The summed E-state index contributed by atoms with van der Waals surface area (Å²) in [7, 11) is -2.41. The third-order valence-corrected chi connectivity index (χ3v) is 14.1. The number of nitrogens with one attached hydrogen (secondary N) is 3. The van der Waals surface area contributed by atoms with Crippen LogP contribution < -0.4 is 15.4 Å². The Hall–Kier alpha value is -4.25. The van der Waals surface area contributed by atoms with E-state index in [2.05, 4.69) is 15.4 Å². The van der Waals surface area contributed by atoms with E-state index < -0.39 is 86.7 Å². The van der Waals surface area contributed by atoms with Crippen LogP contribution in [0.15, 0.2) is 30.4 Å². The summed E-state index contributed by atoms with van der Waals surface area (Å²) >= 11 is 0. The number of nitrogens with zero attached hydrogens (tertiary/aromatic N) is 2. The molecule has 6 atom stereocenters. The third-order valence-electron chi connectivity index (χ3n) is 12.3. The van der Waals surface area contributed by atoms with Gasteiger partial charge in [-0.25, -0.2) is 22.4 Å².